The van der Waals surface area contributed by atoms with Gasteiger partial charge >= 0.3 is 0 Å². The molecule has 1 aliphatic rings. The van der Waals surface area contributed by atoms with Crippen LogP contribution in [0.3, 0.4) is 0 Å². The van der Waals surface area contributed by atoms with E-state index in [1.165, 1.54) is 42.5 Å². The summed E-state index contributed by atoms with van der Waals surface area (Å²) in [6, 6.07) is 9.14. The molecule has 1 heterocycles. The summed E-state index contributed by atoms with van der Waals surface area (Å²) in [5.74, 6) is -2.36. The van der Waals surface area contributed by atoms with Gasteiger partial charge < -0.3 is 5.32 Å². The predicted molar refractivity (Wildman–Crippen MR) is 103 cm³/mol. The van der Waals surface area contributed by atoms with E-state index in [9.17, 15) is 23.2 Å². The lowest BCUT2D eigenvalue weighted by atomic mass is 10.2. The fraction of sp³-hybridized carbons (Fsp3) is 0.105. The molecule has 1 saturated heterocycles. The highest BCUT2D eigenvalue weighted by atomic mass is 35.5. The lowest BCUT2D eigenvalue weighted by molar-refractivity contribution is -0.122. The van der Waals surface area contributed by atoms with Gasteiger partial charge in [0.1, 0.15) is 11.6 Å². The van der Waals surface area contributed by atoms with E-state index in [2.05, 4.69) is 5.32 Å². The average molecular weight is 423 g/mol. The Labute approximate surface area is 168 Å². The lowest BCUT2D eigenvalue weighted by Gasteiger charge is -2.13. The van der Waals surface area contributed by atoms with Crippen molar-refractivity contribution >= 4 is 46.5 Å². The number of carbonyl (C=O) groups is 3. The number of carbonyl (C=O) groups excluding carboxylic acids is 3. The molecule has 3 amide bonds. The van der Waals surface area contributed by atoms with E-state index in [-0.39, 0.29) is 28.6 Å². The highest BCUT2D eigenvalue weighted by Crippen LogP contribution is 2.31. The molecule has 0 unspecified atom stereocenters. The summed E-state index contributed by atoms with van der Waals surface area (Å²) in [5.41, 5.74) is 0.396. The summed E-state index contributed by atoms with van der Waals surface area (Å²) in [4.78, 5) is 37.6. The summed E-state index contributed by atoms with van der Waals surface area (Å²) in [6.07, 6.45) is 1.49. The van der Waals surface area contributed by atoms with E-state index in [1.54, 1.807) is 0 Å². The van der Waals surface area contributed by atoms with Crippen LogP contribution in [0.4, 0.5) is 13.6 Å². The SMILES string of the molecule is O=C(NCCN1C(=O)S/C(=C\c2ccc(F)cc2)C1=O)c1ccc(Cl)cc1F. The molecule has 1 fully saturated rings. The summed E-state index contributed by atoms with van der Waals surface area (Å²) < 4.78 is 26.7. The van der Waals surface area contributed by atoms with E-state index in [0.717, 1.165) is 22.7 Å². The van der Waals surface area contributed by atoms with Crippen LogP contribution in [0.2, 0.25) is 5.02 Å². The highest BCUT2D eigenvalue weighted by Gasteiger charge is 2.34. The van der Waals surface area contributed by atoms with Crippen molar-refractivity contribution in [2.75, 3.05) is 13.1 Å². The lowest BCUT2D eigenvalue weighted by Crippen LogP contribution is -2.37. The molecule has 5 nitrogen and oxygen atoms in total. The van der Waals surface area contributed by atoms with Crippen molar-refractivity contribution in [3.8, 4) is 0 Å². The number of amides is 3. The molecular formula is C19H13ClF2N2O3S. The second kappa shape index (κ2) is 8.53. The first-order valence-electron chi connectivity index (χ1n) is 8.09. The molecule has 2 aromatic rings. The second-order valence-corrected chi connectivity index (χ2v) is 7.19. The first-order valence-corrected chi connectivity index (χ1v) is 9.29. The smallest absolute Gasteiger partial charge is 0.293 e. The van der Waals surface area contributed by atoms with Crippen molar-refractivity contribution < 1.29 is 23.2 Å². The van der Waals surface area contributed by atoms with Gasteiger partial charge in [-0.15, -0.1) is 0 Å². The largest absolute Gasteiger partial charge is 0.350 e. The normalized spacial score (nSPS) is 15.4. The van der Waals surface area contributed by atoms with Gasteiger partial charge in [-0.3, -0.25) is 19.3 Å². The zero-order chi connectivity index (χ0) is 20.3. The van der Waals surface area contributed by atoms with Gasteiger partial charge in [0.15, 0.2) is 0 Å². The Hall–Kier alpha value is -2.71. The predicted octanol–water partition coefficient (Wildman–Crippen LogP) is 4.08. The van der Waals surface area contributed by atoms with Gasteiger partial charge in [-0.2, -0.15) is 0 Å². The van der Waals surface area contributed by atoms with Crippen molar-refractivity contribution in [1.82, 2.24) is 10.2 Å². The van der Waals surface area contributed by atoms with Crippen molar-refractivity contribution in [2.45, 2.75) is 0 Å². The number of thioether (sulfide) groups is 1. The monoisotopic (exact) mass is 422 g/mol. The molecule has 0 aliphatic carbocycles. The third kappa shape index (κ3) is 4.58. The molecular weight excluding hydrogens is 410 g/mol. The Balaban J connectivity index is 1.60. The summed E-state index contributed by atoms with van der Waals surface area (Å²) >= 11 is 6.40. The standard InChI is InChI=1S/C19H13ClF2N2O3S/c20-12-3-6-14(15(22)10-12)17(25)23-7-8-24-18(26)16(28-19(24)27)9-11-1-4-13(21)5-2-11/h1-6,9-10H,7-8H2,(H,23,25)/b16-9-. The molecule has 0 aromatic heterocycles. The number of nitrogens with one attached hydrogen (secondary N) is 1. The second-order valence-electron chi connectivity index (χ2n) is 5.76. The Kier molecular flexibility index (Phi) is 6.11. The Bertz CT molecular complexity index is 980. The van der Waals surface area contributed by atoms with Crippen molar-refractivity contribution in [1.29, 1.82) is 0 Å². The van der Waals surface area contributed by atoms with E-state index in [1.807, 2.05) is 0 Å². The fourth-order valence-electron chi connectivity index (χ4n) is 2.45. The molecule has 9 heteroatoms. The Morgan fingerprint density at radius 3 is 2.54 bits per heavy atom. The van der Waals surface area contributed by atoms with Crippen LogP contribution in [-0.2, 0) is 4.79 Å². The third-order valence-electron chi connectivity index (χ3n) is 3.84. The zero-order valence-electron chi connectivity index (χ0n) is 14.2. The molecule has 28 heavy (non-hydrogen) atoms. The van der Waals surface area contributed by atoms with Gasteiger partial charge in [-0.05, 0) is 53.7 Å². The van der Waals surface area contributed by atoms with E-state index in [4.69, 9.17) is 11.6 Å². The number of hydrogen-bond donors (Lipinski definition) is 1. The van der Waals surface area contributed by atoms with E-state index >= 15 is 0 Å². The molecule has 0 spiro atoms. The van der Waals surface area contributed by atoms with Crippen LogP contribution in [0.5, 0.6) is 0 Å². The quantitative estimate of drug-likeness (QED) is 0.737. The molecule has 0 bridgehead atoms. The minimum Gasteiger partial charge on any atom is -0.350 e. The van der Waals surface area contributed by atoms with Crippen LogP contribution in [-0.4, -0.2) is 35.0 Å². The van der Waals surface area contributed by atoms with Gasteiger partial charge in [-0.1, -0.05) is 23.7 Å². The highest BCUT2D eigenvalue weighted by molar-refractivity contribution is 8.18. The summed E-state index contributed by atoms with van der Waals surface area (Å²) in [6.45, 7) is -0.102. The topological polar surface area (TPSA) is 66.5 Å². The number of imide groups is 1. The van der Waals surface area contributed by atoms with Crippen LogP contribution in [0.1, 0.15) is 15.9 Å². The summed E-state index contributed by atoms with van der Waals surface area (Å²) in [5, 5.41) is 2.14. The van der Waals surface area contributed by atoms with E-state index in [0.29, 0.717) is 5.56 Å². The Morgan fingerprint density at radius 1 is 1.14 bits per heavy atom. The molecule has 1 N–H and O–H groups in total. The van der Waals surface area contributed by atoms with Gasteiger partial charge in [0, 0.05) is 18.1 Å². The summed E-state index contributed by atoms with van der Waals surface area (Å²) in [7, 11) is 0. The van der Waals surface area contributed by atoms with E-state index < -0.39 is 28.7 Å². The van der Waals surface area contributed by atoms with Crippen molar-refractivity contribution in [3.63, 3.8) is 0 Å². The fourth-order valence-corrected chi connectivity index (χ4v) is 3.48. The number of halogens is 3. The van der Waals surface area contributed by atoms with Crippen LogP contribution in [0.15, 0.2) is 47.4 Å². The molecule has 0 radical (unpaired) electrons. The van der Waals surface area contributed by atoms with Crippen molar-refractivity contribution in [3.05, 3.63) is 75.2 Å². The number of hydrogen-bond acceptors (Lipinski definition) is 4. The third-order valence-corrected chi connectivity index (χ3v) is 4.98. The minimum atomic E-state index is -0.765. The molecule has 2 aromatic carbocycles. The minimum absolute atomic E-state index is 0.0389. The first-order chi connectivity index (χ1) is 13.3. The van der Waals surface area contributed by atoms with Crippen LogP contribution >= 0.6 is 23.4 Å². The van der Waals surface area contributed by atoms with Gasteiger partial charge in [0.25, 0.3) is 17.1 Å². The van der Waals surface area contributed by atoms with Gasteiger partial charge in [0.2, 0.25) is 0 Å². The van der Waals surface area contributed by atoms with Gasteiger partial charge in [0.05, 0.1) is 10.5 Å². The molecule has 3 rings (SSSR count). The van der Waals surface area contributed by atoms with Gasteiger partial charge in [-0.25, -0.2) is 8.78 Å². The van der Waals surface area contributed by atoms with Crippen molar-refractivity contribution in [2.24, 2.45) is 0 Å². The molecule has 0 atom stereocenters. The van der Waals surface area contributed by atoms with Crippen LogP contribution < -0.4 is 5.32 Å². The molecule has 144 valence electrons. The maximum absolute atomic E-state index is 13.7. The number of nitrogens with zero attached hydrogens (tertiary/aromatic N) is 1. The number of rotatable bonds is 5. The number of benzene rings is 2. The van der Waals surface area contributed by atoms with Crippen LogP contribution in [0, 0.1) is 11.6 Å². The van der Waals surface area contributed by atoms with Crippen LogP contribution in [0.25, 0.3) is 6.08 Å². The Morgan fingerprint density at radius 2 is 1.86 bits per heavy atom. The maximum atomic E-state index is 13.7. The maximum Gasteiger partial charge on any atom is 0.293 e. The first kappa shape index (κ1) is 20.0. The molecule has 0 saturated carbocycles. The zero-order valence-corrected chi connectivity index (χ0v) is 15.8. The average Bonchev–Trinajstić information content (AvgIpc) is 2.91. The molecule has 1 aliphatic heterocycles.